The summed E-state index contributed by atoms with van der Waals surface area (Å²) in [6.07, 6.45) is 0.587. The van der Waals surface area contributed by atoms with Crippen molar-refractivity contribution in [2.45, 2.75) is 26.8 Å². The van der Waals surface area contributed by atoms with E-state index in [-0.39, 0.29) is 6.54 Å². The Bertz CT molecular complexity index is 1140. The van der Waals surface area contributed by atoms with Crippen molar-refractivity contribution < 1.29 is 27.2 Å². The minimum absolute atomic E-state index is 0.121. The molecule has 9 nitrogen and oxygen atoms in total. The maximum Gasteiger partial charge on any atom is 0.323 e. The Morgan fingerprint density at radius 1 is 1.19 bits per heavy atom. The van der Waals surface area contributed by atoms with E-state index in [1.54, 1.807) is 35.6 Å². The lowest BCUT2D eigenvalue weighted by Gasteiger charge is -2.23. The molecule has 2 heterocycles. The van der Waals surface area contributed by atoms with E-state index in [2.05, 4.69) is 4.98 Å². The fourth-order valence-corrected chi connectivity index (χ4v) is 4.28. The third kappa shape index (κ3) is 5.94. The lowest BCUT2D eigenvalue weighted by molar-refractivity contribution is -0.168. The van der Waals surface area contributed by atoms with Crippen LogP contribution in [0.4, 0.5) is 0 Å². The fourth-order valence-electron chi connectivity index (χ4n) is 2.76. The molecule has 0 atom stereocenters. The number of oxazole rings is 1. The molecule has 32 heavy (non-hydrogen) atoms. The van der Waals surface area contributed by atoms with E-state index in [1.807, 2.05) is 24.4 Å². The van der Waals surface area contributed by atoms with Crippen molar-refractivity contribution in [3.63, 3.8) is 0 Å². The summed E-state index contributed by atoms with van der Waals surface area (Å²) in [5.74, 6) is 1.28. The normalized spacial score (nSPS) is 11.8. The molecular formula is C21H25N3O6S2. The Hall–Kier alpha value is -2.73. The lowest BCUT2D eigenvalue weighted by Crippen LogP contribution is -2.40. The van der Waals surface area contributed by atoms with Crippen LogP contribution in [0, 0.1) is 6.92 Å². The molecule has 0 N–H and O–H groups in total. The zero-order valence-electron chi connectivity index (χ0n) is 18.3. The molecule has 3 aromatic rings. The second-order valence-electron chi connectivity index (χ2n) is 7.08. The minimum Gasteiger partial charge on any atom is -0.493 e. The third-order valence-corrected chi connectivity index (χ3v) is 6.92. The van der Waals surface area contributed by atoms with E-state index in [0.29, 0.717) is 34.7 Å². The van der Waals surface area contributed by atoms with Crippen LogP contribution in [0.25, 0.3) is 10.8 Å². The zero-order chi connectivity index (χ0) is 23.3. The van der Waals surface area contributed by atoms with Crippen molar-refractivity contribution in [2.75, 3.05) is 20.7 Å². The molecular weight excluding hydrogens is 454 g/mol. The van der Waals surface area contributed by atoms with E-state index in [0.717, 1.165) is 27.6 Å². The van der Waals surface area contributed by atoms with Crippen molar-refractivity contribution in [1.29, 1.82) is 0 Å². The molecule has 0 unspecified atom stereocenters. The average Bonchev–Trinajstić information content (AvgIpc) is 3.38. The summed E-state index contributed by atoms with van der Waals surface area (Å²) in [4.78, 5) is 21.7. The summed E-state index contributed by atoms with van der Waals surface area (Å²) < 4.78 is 37.9. The number of thiophene rings is 1. The highest BCUT2D eigenvalue weighted by molar-refractivity contribution is 7.86. The van der Waals surface area contributed by atoms with Gasteiger partial charge < -0.3 is 14.0 Å². The molecule has 0 fully saturated rings. The van der Waals surface area contributed by atoms with Crippen LogP contribution < -0.4 is 4.74 Å². The third-order valence-electron chi connectivity index (χ3n) is 4.42. The summed E-state index contributed by atoms with van der Waals surface area (Å²) in [6.45, 7) is 3.31. The van der Waals surface area contributed by atoms with Gasteiger partial charge in [-0.15, -0.1) is 11.3 Å². The molecule has 2 aromatic heterocycles. The first-order valence-electron chi connectivity index (χ1n) is 9.77. The van der Waals surface area contributed by atoms with E-state index in [1.165, 1.54) is 14.1 Å². The number of hydroxylamine groups is 1. The van der Waals surface area contributed by atoms with Gasteiger partial charge in [0.05, 0.1) is 23.7 Å². The summed E-state index contributed by atoms with van der Waals surface area (Å²) in [5.41, 5.74) is 1.48. The van der Waals surface area contributed by atoms with Gasteiger partial charge in [0.25, 0.3) is 0 Å². The molecule has 1 aromatic carbocycles. The number of hydrogen-bond acceptors (Lipinski definition) is 8. The molecule has 0 aliphatic carbocycles. The highest BCUT2D eigenvalue weighted by Gasteiger charge is 2.28. The van der Waals surface area contributed by atoms with Gasteiger partial charge >= 0.3 is 16.2 Å². The van der Waals surface area contributed by atoms with Crippen molar-refractivity contribution in [1.82, 2.24) is 13.8 Å². The minimum atomic E-state index is -3.93. The van der Waals surface area contributed by atoms with Gasteiger partial charge in [0.15, 0.2) is 0 Å². The number of carbonyl (C=O) groups is 1. The van der Waals surface area contributed by atoms with Crippen LogP contribution in [0.2, 0.25) is 0 Å². The van der Waals surface area contributed by atoms with Gasteiger partial charge in [-0.25, -0.2) is 4.98 Å². The number of benzene rings is 1. The Labute approximate surface area is 191 Å². The summed E-state index contributed by atoms with van der Waals surface area (Å²) in [6, 6.07) is 10.8. The van der Waals surface area contributed by atoms with Crippen LogP contribution in [-0.2, 0) is 32.8 Å². The average molecular weight is 480 g/mol. The van der Waals surface area contributed by atoms with E-state index in [4.69, 9.17) is 14.0 Å². The smallest absolute Gasteiger partial charge is 0.323 e. The molecule has 11 heteroatoms. The van der Waals surface area contributed by atoms with E-state index in [9.17, 15) is 13.2 Å². The highest BCUT2D eigenvalue weighted by Crippen LogP contribution is 2.26. The van der Waals surface area contributed by atoms with Gasteiger partial charge in [-0.05, 0) is 40.5 Å². The maximum atomic E-state index is 12.4. The Morgan fingerprint density at radius 3 is 2.50 bits per heavy atom. The molecule has 0 spiro atoms. The van der Waals surface area contributed by atoms with Gasteiger partial charge in [0.1, 0.15) is 11.5 Å². The molecule has 0 saturated carbocycles. The monoisotopic (exact) mass is 479 g/mol. The van der Waals surface area contributed by atoms with Crippen molar-refractivity contribution in [3.05, 3.63) is 58.8 Å². The largest absolute Gasteiger partial charge is 0.493 e. The van der Waals surface area contributed by atoms with Crippen LogP contribution in [0.15, 0.2) is 46.2 Å². The zero-order valence-corrected chi connectivity index (χ0v) is 19.9. The van der Waals surface area contributed by atoms with E-state index >= 15 is 0 Å². The quantitative estimate of drug-likeness (QED) is 0.411. The number of ether oxygens (including phenoxy) is 1. The second kappa shape index (κ2) is 10.3. The molecule has 0 amide bonds. The topological polar surface area (TPSA) is 102 Å². The number of aryl methyl sites for hydroxylation is 1. The number of hydrogen-bond donors (Lipinski definition) is 0. The summed E-state index contributed by atoms with van der Waals surface area (Å²) in [5, 5.41) is 1.97. The molecule has 0 bridgehead atoms. The fraction of sp³-hybridized carbons (Fsp3) is 0.333. The predicted molar refractivity (Wildman–Crippen MR) is 120 cm³/mol. The molecule has 0 saturated heterocycles. The van der Waals surface area contributed by atoms with Crippen molar-refractivity contribution in [3.8, 4) is 16.5 Å². The Kier molecular flexibility index (Phi) is 7.67. The highest BCUT2D eigenvalue weighted by atomic mass is 32.2. The maximum absolute atomic E-state index is 12.4. The molecule has 3 rings (SSSR count). The summed E-state index contributed by atoms with van der Waals surface area (Å²) >= 11 is 1.57. The van der Waals surface area contributed by atoms with Crippen LogP contribution in [0.1, 0.15) is 23.9 Å². The molecule has 0 radical (unpaired) electrons. The van der Waals surface area contributed by atoms with Gasteiger partial charge in [-0.2, -0.15) is 12.7 Å². The Morgan fingerprint density at radius 2 is 1.91 bits per heavy atom. The van der Waals surface area contributed by atoms with Crippen LogP contribution in [-0.4, -0.2) is 48.8 Å². The summed E-state index contributed by atoms with van der Waals surface area (Å²) in [7, 11) is -1.20. The standard InChI is InChI=1S/C21H25N3O6S2/c1-15-19(22-21(29-15)20-6-5-13-31-20)11-12-28-18-9-7-17(8-10-18)14-24(30-16(2)25)32(26,27)23(3)4/h5-10,13H,11-12,14H2,1-4H3. The first kappa shape index (κ1) is 23.9. The predicted octanol–water partition coefficient (Wildman–Crippen LogP) is 3.42. The van der Waals surface area contributed by atoms with Gasteiger partial charge in [-0.3, -0.25) is 4.79 Å². The molecule has 172 valence electrons. The first-order valence-corrected chi connectivity index (χ1v) is 12.0. The SMILES string of the molecule is CC(=O)ON(Cc1ccc(OCCc2nc(-c3cccs3)oc2C)cc1)S(=O)(=O)N(C)C. The Balaban J connectivity index is 1.58. The number of aromatic nitrogens is 1. The lowest BCUT2D eigenvalue weighted by atomic mass is 10.2. The van der Waals surface area contributed by atoms with Gasteiger partial charge in [0, 0.05) is 27.4 Å². The van der Waals surface area contributed by atoms with Gasteiger partial charge in [-0.1, -0.05) is 18.2 Å². The van der Waals surface area contributed by atoms with Crippen molar-refractivity contribution in [2.24, 2.45) is 0 Å². The molecule has 0 aliphatic heterocycles. The molecule has 0 aliphatic rings. The number of nitrogens with zero attached hydrogens (tertiary/aromatic N) is 3. The van der Waals surface area contributed by atoms with Crippen LogP contribution in [0.3, 0.4) is 0 Å². The number of carbonyl (C=O) groups excluding carboxylic acids is 1. The van der Waals surface area contributed by atoms with Gasteiger partial charge in [0.2, 0.25) is 5.89 Å². The number of rotatable bonds is 10. The van der Waals surface area contributed by atoms with Crippen LogP contribution >= 0.6 is 11.3 Å². The van der Waals surface area contributed by atoms with Crippen LogP contribution in [0.5, 0.6) is 5.75 Å². The second-order valence-corrected chi connectivity index (χ2v) is 10.1. The first-order chi connectivity index (χ1) is 15.2. The van der Waals surface area contributed by atoms with Crippen molar-refractivity contribution >= 4 is 27.5 Å². The van der Waals surface area contributed by atoms with E-state index < -0.39 is 16.2 Å².